The molecule has 1 heterocycles. The summed E-state index contributed by atoms with van der Waals surface area (Å²) in [6.45, 7) is 4.16. The van der Waals surface area contributed by atoms with Crippen LogP contribution in [0.5, 0.6) is 0 Å². The van der Waals surface area contributed by atoms with Gasteiger partial charge in [0, 0.05) is 20.7 Å². The van der Waals surface area contributed by atoms with E-state index in [9.17, 15) is 0 Å². The van der Waals surface area contributed by atoms with Gasteiger partial charge in [-0.25, -0.2) is 0 Å². The summed E-state index contributed by atoms with van der Waals surface area (Å²) in [7, 11) is 0. The molecule has 2 N–H and O–H groups in total. The van der Waals surface area contributed by atoms with E-state index in [2.05, 4.69) is 19.1 Å². The van der Waals surface area contributed by atoms with Crippen molar-refractivity contribution in [3.8, 4) is 0 Å². The second kappa shape index (κ2) is 6.11. The monoisotopic (exact) mass is 297 g/mol. The molecule has 4 heteroatoms. The third-order valence-electron chi connectivity index (χ3n) is 2.61. The van der Waals surface area contributed by atoms with E-state index >= 15 is 0 Å². The Hall–Kier alpha value is -0.480. The van der Waals surface area contributed by atoms with Crippen LogP contribution in [0.3, 0.4) is 0 Å². The fraction of sp³-hybridized carbons (Fsp3) is 0.286. The van der Waals surface area contributed by atoms with Crippen LogP contribution >= 0.6 is 34.7 Å². The Morgan fingerprint density at radius 3 is 2.50 bits per heavy atom. The van der Waals surface area contributed by atoms with E-state index in [1.165, 1.54) is 9.75 Å². The second-order valence-electron chi connectivity index (χ2n) is 4.28. The molecule has 1 nitrogen and oxygen atoms in total. The molecule has 96 valence electrons. The molecule has 0 saturated carbocycles. The van der Waals surface area contributed by atoms with E-state index in [0.717, 1.165) is 9.92 Å². The summed E-state index contributed by atoms with van der Waals surface area (Å²) in [5.74, 6) is 0. The number of hydrogen-bond acceptors (Lipinski definition) is 3. The van der Waals surface area contributed by atoms with Gasteiger partial charge in [0.1, 0.15) is 0 Å². The fourth-order valence-electron chi connectivity index (χ4n) is 1.71. The van der Waals surface area contributed by atoms with Crippen molar-refractivity contribution < 1.29 is 0 Å². The van der Waals surface area contributed by atoms with Crippen molar-refractivity contribution in [2.75, 3.05) is 0 Å². The first-order valence-corrected chi connectivity index (χ1v) is 7.88. The van der Waals surface area contributed by atoms with E-state index < -0.39 is 0 Å². The number of halogens is 1. The summed E-state index contributed by atoms with van der Waals surface area (Å²) in [6, 6.07) is 12.3. The molecule has 2 unspecified atom stereocenters. The summed E-state index contributed by atoms with van der Waals surface area (Å²) in [5.41, 5.74) is 6.12. The van der Waals surface area contributed by atoms with Crippen LogP contribution in [0.2, 0.25) is 5.02 Å². The highest BCUT2D eigenvalue weighted by atomic mass is 35.5. The van der Waals surface area contributed by atoms with E-state index in [1.807, 2.05) is 31.2 Å². The molecule has 0 saturated heterocycles. The number of rotatable bonds is 4. The lowest BCUT2D eigenvalue weighted by Crippen LogP contribution is -2.21. The van der Waals surface area contributed by atoms with Gasteiger partial charge in [-0.1, -0.05) is 23.7 Å². The molecule has 0 radical (unpaired) electrons. The summed E-state index contributed by atoms with van der Waals surface area (Å²) < 4.78 is 0. The Balaban J connectivity index is 2.25. The van der Waals surface area contributed by atoms with Gasteiger partial charge in [0.15, 0.2) is 0 Å². The van der Waals surface area contributed by atoms with E-state index in [0.29, 0.717) is 0 Å². The van der Waals surface area contributed by atoms with Gasteiger partial charge in [0.2, 0.25) is 0 Å². The molecule has 0 aliphatic carbocycles. The SMILES string of the molecule is Cc1ccc(C(Sc2ccccc2Cl)C(C)N)s1. The van der Waals surface area contributed by atoms with Crippen LogP contribution in [0.25, 0.3) is 0 Å². The van der Waals surface area contributed by atoms with Gasteiger partial charge in [-0.15, -0.1) is 23.1 Å². The number of aryl methyl sites for hydroxylation is 1. The molecule has 0 bridgehead atoms. The molecule has 1 aromatic carbocycles. The summed E-state index contributed by atoms with van der Waals surface area (Å²) >= 11 is 9.76. The molecule has 2 rings (SSSR count). The van der Waals surface area contributed by atoms with Gasteiger partial charge in [0.25, 0.3) is 0 Å². The maximum atomic E-state index is 6.21. The lowest BCUT2D eigenvalue weighted by molar-refractivity contribution is 0.730. The molecule has 1 aromatic heterocycles. The topological polar surface area (TPSA) is 26.0 Å². The highest BCUT2D eigenvalue weighted by Crippen LogP contribution is 2.42. The average Bonchev–Trinajstić information content (AvgIpc) is 2.74. The van der Waals surface area contributed by atoms with Crippen molar-refractivity contribution >= 4 is 34.7 Å². The molecule has 2 aromatic rings. The highest BCUT2D eigenvalue weighted by molar-refractivity contribution is 7.99. The second-order valence-corrected chi connectivity index (χ2v) is 7.19. The Bertz CT molecular complexity index is 522. The zero-order chi connectivity index (χ0) is 13.1. The Kier molecular flexibility index (Phi) is 4.73. The van der Waals surface area contributed by atoms with Crippen molar-refractivity contribution in [3.63, 3.8) is 0 Å². The van der Waals surface area contributed by atoms with Gasteiger partial charge in [0.05, 0.1) is 10.3 Å². The fourth-order valence-corrected chi connectivity index (χ4v) is 4.26. The molecular weight excluding hydrogens is 282 g/mol. The van der Waals surface area contributed by atoms with E-state index in [1.54, 1.807) is 23.1 Å². The van der Waals surface area contributed by atoms with Crippen molar-refractivity contribution in [1.29, 1.82) is 0 Å². The molecule has 0 aliphatic rings. The Morgan fingerprint density at radius 2 is 1.94 bits per heavy atom. The number of thioether (sulfide) groups is 1. The smallest absolute Gasteiger partial charge is 0.0587 e. The zero-order valence-electron chi connectivity index (χ0n) is 10.4. The maximum absolute atomic E-state index is 6.21. The minimum absolute atomic E-state index is 0.0873. The van der Waals surface area contributed by atoms with Gasteiger partial charge in [-0.2, -0.15) is 0 Å². The minimum atomic E-state index is 0.0873. The third kappa shape index (κ3) is 3.29. The van der Waals surface area contributed by atoms with Crippen LogP contribution in [0.15, 0.2) is 41.3 Å². The molecular formula is C14H16ClNS2. The number of nitrogens with two attached hydrogens (primary N) is 1. The van der Waals surface area contributed by atoms with E-state index in [4.69, 9.17) is 17.3 Å². The summed E-state index contributed by atoms with van der Waals surface area (Å²) in [5, 5.41) is 1.05. The first kappa shape index (κ1) is 13.9. The average molecular weight is 298 g/mol. The molecule has 0 fully saturated rings. The first-order chi connectivity index (χ1) is 8.58. The van der Waals surface area contributed by atoms with Crippen LogP contribution in [0, 0.1) is 6.92 Å². The summed E-state index contributed by atoms with van der Waals surface area (Å²) in [4.78, 5) is 3.72. The minimum Gasteiger partial charge on any atom is -0.327 e. The van der Waals surface area contributed by atoms with Crippen molar-refractivity contribution in [1.82, 2.24) is 0 Å². The van der Waals surface area contributed by atoms with Crippen LogP contribution in [0.1, 0.15) is 21.9 Å². The molecule has 18 heavy (non-hydrogen) atoms. The zero-order valence-corrected chi connectivity index (χ0v) is 12.8. The summed E-state index contributed by atoms with van der Waals surface area (Å²) in [6.07, 6.45) is 0. The highest BCUT2D eigenvalue weighted by Gasteiger charge is 2.20. The van der Waals surface area contributed by atoms with Gasteiger partial charge < -0.3 is 5.73 Å². The standard InChI is InChI=1S/C14H16ClNS2/c1-9-7-8-13(17-9)14(10(2)16)18-12-6-4-3-5-11(12)15/h3-8,10,14H,16H2,1-2H3. The third-order valence-corrected chi connectivity index (χ3v) is 5.83. The van der Waals surface area contributed by atoms with Crippen LogP contribution < -0.4 is 5.73 Å². The number of hydrogen-bond donors (Lipinski definition) is 1. The maximum Gasteiger partial charge on any atom is 0.0587 e. The quantitative estimate of drug-likeness (QED) is 0.813. The Labute approximate surface area is 121 Å². The van der Waals surface area contributed by atoms with Gasteiger partial charge in [-0.05, 0) is 38.1 Å². The first-order valence-electron chi connectivity index (χ1n) is 5.81. The molecule has 2 atom stereocenters. The normalized spacial score (nSPS) is 14.4. The van der Waals surface area contributed by atoms with Crippen LogP contribution in [-0.4, -0.2) is 6.04 Å². The van der Waals surface area contributed by atoms with Crippen molar-refractivity contribution in [2.45, 2.75) is 30.0 Å². The largest absolute Gasteiger partial charge is 0.327 e. The van der Waals surface area contributed by atoms with Gasteiger partial charge in [-0.3, -0.25) is 0 Å². The predicted molar refractivity (Wildman–Crippen MR) is 82.8 cm³/mol. The lowest BCUT2D eigenvalue weighted by Gasteiger charge is -2.19. The Morgan fingerprint density at radius 1 is 1.22 bits per heavy atom. The van der Waals surface area contributed by atoms with Crippen molar-refractivity contribution in [3.05, 3.63) is 51.2 Å². The van der Waals surface area contributed by atoms with Crippen LogP contribution in [-0.2, 0) is 0 Å². The van der Waals surface area contributed by atoms with Crippen LogP contribution in [0.4, 0.5) is 0 Å². The molecule has 0 aliphatic heterocycles. The lowest BCUT2D eigenvalue weighted by atomic mass is 10.2. The molecule has 0 amide bonds. The van der Waals surface area contributed by atoms with Crippen molar-refractivity contribution in [2.24, 2.45) is 5.73 Å². The predicted octanol–water partition coefficient (Wildman–Crippen LogP) is 4.89. The van der Waals surface area contributed by atoms with E-state index in [-0.39, 0.29) is 11.3 Å². The molecule has 0 spiro atoms. The van der Waals surface area contributed by atoms with Gasteiger partial charge >= 0.3 is 0 Å². The number of thiophene rings is 1. The number of benzene rings is 1.